The molecule has 0 unspecified atom stereocenters. The molecular formula is C11H6F2IrN. The van der Waals surface area contributed by atoms with Crippen molar-refractivity contribution < 1.29 is 27.7 Å². The molecule has 2 aromatic rings. The van der Waals surface area contributed by atoms with E-state index in [1.54, 1.807) is 43.3 Å². The first-order chi connectivity index (χ1) is 7.18. The van der Waals surface area contributed by atoms with E-state index in [9.17, 15) is 8.78 Å². The number of rotatable bonds is 1. The van der Waals surface area contributed by atoms with E-state index >= 15 is 0 Å². The molecule has 2 rings (SSSR count). The zero-order valence-corrected chi connectivity index (χ0v) is 9.90. The molecule has 1 nitrogen and oxygen atoms in total. The molecule has 1 aromatic carbocycles. The standard InChI is InChI=1S/C11H6F2N.Ir/c12-8-4-5-9(10(13)7-8)11-3-1-2-6-14-11;/h1-4,6-7H;. The topological polar surface area (TPSA) is 12.9 Å². The minimum atomic E-state index is -0.578. The van der Waals surface area contributed by atoms with Crippen LogP contribution in [0, 0.1) is 11.6 Å². The Morgan fingerprint density at radius 3 is 2.53 bits per heavy atom. The van der Waals surface area contributed by atoms with Crippen LogP contribution in [0.1, 0.15) is 0 Å². The molecule has 0 aliphatic heterocycles. The zero-order chi connectivity index (χ0) is 10.8. The molecule has 0 spiro atoms. The van der Waals surface area contributed by atoms with Crippen LogP contribution in [-0.4, -0.2) is 4.98 Å². The van der Waals surface area contributed by atoms with Gasteiger partial charge >= 0.3 is 96.2 Å². The number of halogens is 2. The van der Waals surface area contributed by atoms with Crippen LogP contribution in [0.4, 0.5) is 8.78 Å². The van der Waals surface area contributed by atoms with E-state index in [0.29, 0.717) is 15.3 Å². The van der Waals surface area contributed by atoms with Crippen molar-refractivity contribution in [2.75, 3.05) is 0 Å². The Morgan fingerprint density at radius 1 is 1.13 bits per heavy atom. The molecule has 0 fully saturated rings. The summed E-state index contributed by atoms with van der Waals surface area (Å²) in [4.78, 5) is 4.04. The Labute approximate surface area is 96.3 Å². The first-order valence-corrected chi connectivity index (χ1v) is 5.42. The van der Waals surface area contributed by atoms with E-state index in [1.165, 1.54) is 6.07 Å². The van der Waals surface area contributed by atoms with E-state index < -0.39 is 11.6 Å². The van der Waals surface area contributed by atoms with Gasteiger partial charge in [-0.1, -0.05) is 0 Å². The summed E-state index contributed by atoms with van der Waals surface area (Å²) in [7, 11) is 0. The summed E-state index contributed by atoms with van der Waals surface area (Å²) < 4.78 is 26.9. The van der Waals surface area contributed by atoms with Crippen molar-refractivity contribution in [1.29, 1.82) is 0 Å². The number of pyridine rings is 1. The molecule has 0 atom stereocenters. The van der Waals surface area contributed by atoms with Crippen molar-refractivity contribution >= 4 is 4.08 Å². The fraction of sp³-hybridized carbons (Fsp3) is 0. The number of nitrogens with zero attached hydrogens (tertiary/aromatic N) is 1. The van der Waals surface area contributed by atoms with Crippen molar-refractivity contribution in [3.8, 4) is 11.3 Å². The van der Waals surface area contributed by atoms with Crippen LogP contribution in [-0.2, 0) is 18.9 Å². The normalized spacial score (nSPS) is 10.4. The van der Waals surface area contributed by atoms with Crippen LogP contribution in [0.2, 0.25) is 0 Å². The van der Waals surface area contributed by atoms with Gasteiger partial charge in [-0.3, -0.25) is 0 Å². The van der Waals surface area contributed by atoms with Crippen LogP contribution in [0.3, 0.4) is 0 Å². The SMILES string of the molecule is Fc1cc(F)c(-c2ccccn2)[c]([Ir])c1. The molecule has 0 N–H and O–H groups in total. The number of benzene rings is 1. The summed E-state index contributed by atoms with van der Waals surface area (Å²) in [5.74, 6) is -1.14. The molecule has 0 saturated heterocycles. The molecule has 0 radical (unpaired) electrons. The van der Waals surface area contributed by atoms with E-state index in [1.807, 2.05) is 0 Å². The van der Waals surface area contributed by atoms with Gasteiger partial charge in [0.2, 0.25) is 0 Å². The van der Waals surface area contributed by atoms with Crippen LogP contribution in [0.25, 0.3) is 11.3 Å². The fourth-order valence-corrected chi connectivity index (χ4v) is 2.20. The molecular weight excluding hydrogens is 376 g/mol. The molecule has 78 valence electrons. The average Bonchev–Trinajstić information content (AvgIpc) is 2.17. The van der Waals surface area contributed by atoms with Gasteiger partial charge in [0.05, 0.1) is 0 Å². The van der Waals surface area contributed by atoms with Gasteiger partial charge in [-0.15, -0.1) is 0 Å². The Bertz CT molecular complexity index is 462. The molecule has 4 heteroatoms. The minimum absolute atomic E-state index is 0.358. The van der Waals surface area contributed by atoms with E-state index in [4.69, 9.17) is 0 Å². The van der Waals surface area contributed by atoms with E-state index in [-0.39, 0.29) is 0 Å². The fourth-order valence-electron chi connectivity index (χ4n) is 1.28. The summed E-state index contributed by atoms with van der Waals surface area (Å²) in [6.07, 6.45) is 1.58. The molecule has 1 heterocycles. The molecule has 0 aliphatic carbocycles. The number of hydrogen-bond donors (Lipinski definition) is 0. The van der Waals surface area contributed by atoms with Crippen molar-refractivity contribution in [3.05, 3.63) is 48.2 Å². The van der Waals surface area contributed by atoms with Crippen LogP contribution in [0.15, 0.2) is 36.5 Å². The number of aromatic nitrogens is 1. The molecule has 0 amide bonds. The van der Waals surface area contributed by atoms with Crippen LogP contribution < -0.4 is 4.08 Å². The van der Waals surface area contributed by atoms with Crippen LogP contribution in [0.5, 0.6) is 0 Å². The van der Waals surface area contributed by atoms with Gasteiger partial charge in [-0.2, -0.15) is 0 Å². The predicted octanol–water partition coefficient (Wildman–Crippen LogP) is 2.20. The van der Waals surface area contributed by atoms with Gasteiger partial charge in [-0.25, -0.2) is 0 Å². The van der Waals surface area contributed by atoms with Crippen LogP contribution >= 0.6 is 0 Å². The Morgan fingerprint density at radius 2 is 1.93 bits per heavy atom. The first-order valence-electron chi connectivity index (χ1n) is 4.22. The second kappa shape index (κ2) is 4.17. The predicted molar refractivity (Wildman–Crippen MR) is 49.2 cm³/mol. The third-order valence-corrected chi connectivity index (χ3v) is 2.85. The molecule has 1 aromatic heterocycles. The molecule has 0 bridgehead atoms. The van der Waals surface area contributed by atoms with Gasteiger partial charge in [0.1, 0.15) is 0 Å². The third-order valence-electron chi connectivity index (χ3n) is 1.91. The average molecular weight is 382 g/mol. The first kappa shape index (κ1) is 10.4. The molecule has 0 aliphatic rings. The van der Waals surface area contributed by atoms with Gasteiger partial charge in [0.25, 0.3) is 0 Å². The van der Waals surface area contributed by atoms with Crippen molar-refractivity contribution in [2.24, 2.45) is 0 Å². The summed E-state index contributed by atoms with van der Waals surface area (Å²) >= 11 is 1.66. The quantitative estimate of drug-likeness (QED) is 0.737. The maximum absolute atomic E-state index is 13.5. The van der Waals surface area contributed by atoms with Crippen molar-refractivity contribution in [1.82, 2.24) is 4.98 Å². The zero-order valence-electron chi connectivity index (χ0n) is 7.50. The summed E-state index contributed by atoms with van der Waals surface area (Å²) in [6, 6.07) is 7.39. The van der Waals surface area contributed by atoms with Gasteiger partial charge in [0.15, 0.2) is 0 Å². The second-order valence-corrected chi connectivity index (χ2v) is 4.23. The van der Waals surface area contributed by atoms with Gasteiger partial charge in [-0.05, 0) is 0 Å². The summed E-state index contributed by atoms with van der Waals surface area (Å²) in [6.45, 7) is 0. The summed E-state index contributed by atoms with van der Waals surface area (Å²) in [5.41, 5.74) is 0.879. The summed E-state index contributed by atoms with van der Waals surface area (Å²) in [5, 5.41) is 0. The Balaban J connectivity index is 2.64. The van der Waals surface area contributed by atoms with E-state index in [2.05, 4.69) is 4.98 Å². The third kappa shape index (κ3) is 2.11. The second-order valence-electron chi connectivity index (χ2n) is 2.94. The maximum atomic E-state index is 13.5. The van der Waals surface area contributed by atoms with Crippen molar-refractivity contribution in [2.45, 2.75) is 0 Å². The Kier molecular flexibility index (Phi) is 2.89. The van der Waals surface area contributed by atoms with E-state index in [0.717, 1.165) is 6.07 Å². The Hall–Kier alpha value is -1.12. The van der Waals surface area contributed by atoms with Gasteiger partial charge in [0, 0.05) is 0 Å². The number of hydrogen-bond acceptors (Lipinski definition) is 1. The van der Waals surface area contributed by atoms with Gasteiger partial charge < -0.3 is 0 Å². The molecule has 15 heavy (non-hydrogen) atoms. The monoisotopic (exact) mass is 383 g/mol. The molecule has 0 saturated carbocycles. The van der Waals surface area contributed by atoms with Crippen molar-refractivity contribution in [3.63, 3.8) is 0 Å².